The lowest BCUT2D eigenvalue weighted by Gasteiger charge is -2.20. The zero-order valence-corrected chi connectivity index (χ0v) is 9.83. The lowest BCUT2D eigenvalue weighted by Crippen LogP contribution is -2.30. The van der Waals surface area contributed by atoms with E-state index in [1.807, 2.05) is 0 Å². The fourth-order valence-electron chi connectivity index (χ4n) is 1.69. The van der Waals surface area contributed by atoms with E-state index in [1.165, 1.54) is 12.1 Å². The van der Waals surface area contributed by atoms with E-state index >= 15 is 0 Å². The van der Waals surface area contributed by atoms with Gasteiger partial charge in [0.2, 0.25) is 0 Å². The summed E-state index contributed by atoms with van der Waals surface area (Å²) in [7, 11) is 0. The Kier molecular flexibility index (Phi) is 3.07. The first-order valence-electron chi connectivity index (χ1n) is 5.57. The van der Waals surface area contributed by atoms with Crippen molar-refractivity contribution in [3.05, 3.63) is 23.8 Å². The van der Waals surface area contributed by atoms with Gasteiger partial charge in [-0.3, -0.25) is 0 Å². The van der Waals surface area contributed by atoms with Crippen molar-refractivity contribution >= 4 is 11.7 Å². The molecule has 1 aromatic carbocycles. The van der Waals surface area contributed by atoms with Gasteiger partial charge in [0.05, 0.1) is 11.3 Å². The van der Waals surface area contributed by atoms with E-state index in [0.717, 1.165) is 6.07 Å². The first kappa shape index (κ1) is 13.5. The molecule has 0 radical (unpaired) electrons. The number of rotatable bonds is 4. The quantitative estimate of drug-likeness (QED) is 0.829. The number of halogens is 3. The number of carboxylic acids is 1. The van der Waals surface area contributed by atoms with E-state index in [4.69, 9.17) is 15.6 Å². The number of hydrogen-bond acceptors (Lipinski definition) is 3. The van der Waals surface area contributed by atoms with Crippen LogP contribution in [-0.4, -0.2) is 23.9 Å². The number of carboxylic acid groups (broad SMARTS) is 1. The third-order valence-electron chi connectivity index (χ3n) is 3.22. The topological polar surface area (TPSA) is 72.6 Å². The molecular formula is C12H12F3NO3. The summed E-state index contributed by atoms with van der Waals surface area (Å²) >= 11 is 0. The number of ether oxygens (including phenoxy) is 1. The maximum atomic E-state index is 12.7. The van der Waals surface area contributed by atoms with Gasteiger partial charge >= 0.3 is 12.1 Å². The van der Waals surface area contributed by atoms with Crippen LogP contribution in [0.1, 0.15) is 23.2 Å². The first-order valence-corrected chi connectivity index (χ1v) is 5.57. The van der Waals surface area contributed by atoms with Crippen molar-refractivity contribution in [3.8, 4) is 5.75 Å². The van der Waals surface area contributed by atoms with Crippen molar-refractivity contribution in [3.63, 3.8) is 0 Å². The molecule has 3 N–H and O–H groups in total. The van der Waals surface area contributed by atoms with Gasteiger partial charge < -0.3 is 15.6 Å². The molecule has 19 heavy (non-hydrogen) atoms. The molecule has 0 unspecified atom stereocenters. The molecule has 1 aromatic rings. The van der Waals surface area contributed by atoms with Crippen LogP contribution in [0.3, 0.4) is 0 Å². The van der Waals surface area contributed by atoms with Crippen LogP contribution >= 0.6 is 0 Å². The number of aromatic carboxylic acids is 1. The highest BCUT2D eigenvalue weighted by molar-refractivity contribution is 5.89. The van der Waals surface area contributed by atoms with Gasteiger partial charge in [-0.2, -0.15) is 13.2 Å². The molecule has 1 aliphatic rings. The molecule has 0 aromatic heterocycles. The second kappa shape index (κ2) is 4.32. The third-order valence-corrected chi connectivity index (χ3v) is 3.22. The van der Waals surface area contributed by atoms with Crippen LogP contribution in [0.4, 0.5) is 18.9 Å². The molecule has 2 rings (SSSR count). The maximum absolute atomic E-state index is 12.7. The van der Waals surface area contributed by atoms with Crippen LogP contribution in [0.2, 0.25) is 0 Å². The van der Waals surface area contributed by atoms with Crippen molar-refractivity contribution in [2.75, 3.05) is 12.3 Å². The fraction of sp³-hybridized carbons (Fsp3) is 0.417. The Balaban J connectivity index is 2.07. The largest absolute Gasteiger partial charge is 0.490 e. The molecule has 4 nitrogen and oxygen atoms in total. The summed E-state index contributed by atoms with van der Waals surface area (Å²) in [4.78, 5) is 10.7. The Morgan fingerprint density at radius 1 is 1.42 bits per heavy atom. The zero-order chi connectivity index (χ0) is 14.3. The highest BCUT2D eigenvalue weighted by Crippen LogP contribution is 2.57. The van der Waals surface area contributed by atoms with Crippen molar-refractivity contribution in [1.29, 1.82) is 0 Å². The van der Waals surface area contributed by atoms with Crippen molar-refractivity contribution in [2.24, 2.45) is 5.41 Å². The monoisotopic (exact) mass is 275 g/mol. The van der Waals surface area contributed by atoms with Gasteiger partial charge in [-0.25, -0.2) is 4.79 Å². The minimum Gasteiger partial charge on any atom is -0.490 e. The molecule has 0 atom stereocenters. The molecule has 0 amide bonds. The number of alkyl halides is 3. The molecule has 104 valence electrons. The first-order chi connectivity index (χ1) is 8.75. The summed E-state index contributed by atoms with van der Waals surface area (Å²) in [5.41, 5.74) is 3.75. The molecule has 0 heterocycles. The van der Waals surface area contributed by atoms with Gasteiger partial charge in [0.15, 0.2) is 0 Å². The minimum atomic E-state index is -4.29. The Hall–Kier alpha value is -1.92. The summed E-state index contributed by atoms with van der Waals surface area (Å²) < 4.78 is 43.1. The Morgan fingerprint density at radius 3 is 2.47 bits per heavy atom. The number of hydrogen-bond donors (Lipinski definition) is 2. The summed E-state index contributed by atoms with van der Waals surface area (Å²) in [6, 6.07) is 3.66. The van der Waals surface area contributed by atoms with E-state index in [1.54, 1.807) is 0 Å². The average molecular weight is 275 g/mol. The standard InChI is InChI=1S/C12H12F3NO3/c13-12(14,15)11(3-4-11)6-19-9-2-1-7(10(17)18)5-8(9)16/h1-2,5H,3-4,6,16H2,(H,17,18). The van der Waals surface area contributed by atoms with E-state index in [2.05, 4.69) is 0 Å². The van der Waals surface area contributed by atoms with Crippen LogP contribution in [0, 0.1) is 5.41 Å². The van der Waals surface area contributed by atoms with Crippen LogP contribution in [0.15, 0.2) is 18.2 Å². The van der Waals surface area contributed by atoms with Gasteiger partial charge in [-0.1, -0.05) is 0 Å². The summed E-state index contributed by atoms with van der Waals surface area (Å²) in [6.45, 7) is -0.493. The molecule has 0 aliphatic heterocycles. The fourth-order valence-corrected chi connectivity index (χ4v) is 1.69. The smallest absolute Gasteiger partial charge is 0.397 e. The van der Waals surface area contributed by atoms with Crippen LogP contribution in [-0.2, 0) is 0 Å². The lowest BCUT2D eigenvalue weighted by atomic mass is 10.1. The molecule has 0 saturated heterocycles. The number of benzene rings is 1. The highest BCUT2D eigenvalue weighted by atomic mass is 19.4. The Morgan fingerprint density at radius 2 is 2.05 bits per heavy atom. The second-order valence-electron chi connectivity index (χ2n) is 4.62. The zero-order valence-electron chi connectivity index (χ0n) is 9.83. The molecule has 0 bridgehead atoms. The molecule has 1 aliphatic carbocycles. The van der Waals surface area contributed by atoms with Crippen LogP contribution < -0.4 is 10.5 Å². The van der Waals surface area contributed by atoms with Gasteiger partial charge in [-0.15, -0.1) is 0 Å². The van der Waals surface area contributed by atoms with E-state index < -0.39 is 24.2 Å². The van der Waals surface area contributed by atoms with Gasteiger partial charge in [-0.05, 0) is 31.0 Å². The normalized spacial score (nSPS) is 17.0. The van der Waals surface area contributed by atoms with E-state index in [0.29, 0.717) is 0 Å². The van der Waals surface area contributed by atoms with Gasteiger partial charge in [0, 0.05) is 0 Å². The molecule has 1 saturated carbocycles. The number of nitrogens with two attached hydrogens (primary N) is 1. The maximum Gasteiger partial charge on any atom is 0.397 e. The van der Waals surface area contributed by atoms with E-state index in [9.17, 15) is 18.0 Å². The molecule has 1 fully saturated rings. The average Bonchev–Trinajstić information content (AvgIpc) is 3.07. The van der Waals surface area contributed by atoms with Crippen LogP contribution in [0.25, 0.3) is 0 Å². The Bertz CT molecular complexity index is 509. The predicted octanol–water partition coefficient (Wildman–Crippen LogP) is 2.69. The number of carbonyl (C=O) groups is 1. The summed E-state index contributed by atoms with van der Waals surface area (Å²) in [6.07, 6.45) is -4.20. The van der Waals surface area contributed by atoms with E-state index in [-0.39, 0.29) is 29.8 Å². The summed E-state index contributed by atoms with van der Waals surface area (Å²) in [5, 5.41) is 8.73. The molecule has 7 heteroatoms. The molecular weight excluding hydrogens is 263 g/mol. The summed E-state index contributed by atoms with van der Waals surface area (Å²) in [5.74, 6) is -1.09. The third kappa shape index (κ3) is 2.59. The van der Waals surface area contributed by atoms with Crippen LogP contribution in [0.5, 0.6) is 5.75 Å². The van der Waals surface area contributed by atoms with Crippen molar-refractivity contribution in [2.45, 2.75) is 19.0 Å². The number of anilines is 1. The van der Waals surface area contributed by atoms with Crippen molar-refractivity contribution < 1.29 is 27.8 Å². The Labute approximate surface area is 107 Å². The highest BCUT2D eigenvalue weighted by Gasteiger charge is 2.63. The SMILES string of the molecule is Nc1cc(C(=O)O)ccc1OCC1(C(F)(F)F)CC1. The molecule has 0 spiro atoms. The van der Waals surface area contributed by atoms with Gasteiger partial charge in [0.1, 0.15) is 17.8 Å². The minimum absolute atomic E-state index is 0.0119. The van der Waals surface area contributed by atoms with Gasteiger partial charge in [0.25, 0.3) is 0 Å². The number of nitrogen functional groups attached to an aromatic ring is 1. The lowest BCUT2D eigenvalue weighted by molar-refractivity contribution is -0.194. The van der Waals surface area contributed by atoms with Crippen molar-refractivity contribution in [1.82, 2.24) is 0 Å². The second-order valence-corrected chi connectivity index (χ2v) is 4.62. The predicted molar refractivity (Wildman–Crippen MR) is 61.0 cm³/mol.